The number of nitrogens with one attached hydrogen (secondary N) is 2. The Balaban J connectivity index is 2.05. The van der Waals surface area contributed by atoms with Gasteiger partial charge in [0.1, 0.15) is 0 Å². The van der Waals surface area contributed by atoms with Crippen molar-refractivity contribution in [3.05, 3.63) is 0 Å². The average Bonchev–Trinajstić information content (AvgIpc) is 3.08. The summed E-state index contributed by atoms with van der Waals surface area (Å²) in [5, 5.41) is 2.70. The van der Waals surface area contributed by atoms with Crippen LogP contribution >= 0.6 is 0 Å². The number of carbonyl (C=O) groups is 1. The number of rotatable bonds is 9. The van der Waals surface area contributed by atoms with Crippen LogP contribution in [0.1, 0.15) is 25.7 Å². The van der Waals surface area contributed by atoms with E-state index in [4.69, 9.17) is 5.73 Å². The first-order chi connectivity index (χ1) is 8.05. The molecule has 7 heteroatoms. The molecule has 1 rings (SSSR count). The van der Waals surface area contributed by atoms with E-state index < -0.39 is 10.0 Å². The second-order valence-corrected chi connectivity index (χ2v) is 6.20. The molecule has 100 valence electrons. The van der Waals surface area contributed by atoms with Crippen LogP contribution in [0, 0.1) is 5.92 Å². The number of hydrogen-bond donors (Lipinski definition) is 3. The molecule has 1 amide bonds. The van der Waals surface area contributed by atoms with Gasteiger partial charge in [0.15, 0.2) is 0 Å². The number of carbonyl (C=O) groups excluding carboxylic acids is 1. The standard InChI is InChI=1S/C10H21N3O3S/c11-5-1-2-8-17(15,16)13-7-6-12-10(14)9-3-4-9/h9,13H,1-8,11H2,(H,12,14). The Labute approximate surface area is 102 Å². The largest absolute Gasteiger partial charge is 0.355 e. The summed E-state index contributed by atoms with van der Waals surface area (Å²) in [6.45, 7) is 1.11. The molecule has 0 saturated heterocycles. The molecule has 0 atom stereocenters. The fourth-order valence-corrected chi connectivity index (χ4v) is 2.53. The van der Waals surface area contributed by atoms with Crippen LogP contribution in [0.4, 0.5) is 0 Å². The van der Waals surface area contributed by atoms with Gasteiger partial charge < -0.3 is 11.1 Å². The molecule has 1 saturated carbocycles. The molecule has 0 aromatic heterocycles. The third kappa shape index (κ3) is 6.60. The topological polar surface area (TPSA) is 101 Å². The number of amides is 1. The fraction of sp³-hybridized carbons (Fsp3) is 0.900. The first-order valence-corrected chi connectivity index (χ1v) is 7.65. The molecule has 6 nitrogen and oxygen atoms in total. The van der Waals surface area contributed by atoms with Crippen LogP contribution in [-0.2, 0) is 14.8 Å². The van der Waals surface area contributed by atoms with E-state index in [-0.39, 0.29) is 24.1 Å². The van der Waals surface area contributed by atoms with Gasteiger partial charge >= 0.3 is 0 Å². The zero-order valence-corrected chi connectivity index (χ0v) is 10.8. The van der Waals surface area contributed by atoms with Gasteiger partial charge in [-0.1, -0.05) is 0 Å². The van der Waals surface area contributed by atoms with Crippen molar-refractivity contribution in [3.8, 4) is 0 Å². The van der Waals surface area contributed by atoms with Crippen molar-refractivity contribution in [2.24, 2.45) is 11.7 Å². The maximum absolute atomic E-state index is 11.4. The lowest BCUT2D eigenvalue weighted by atomic mass is 10.3. The van der Waals surface area contributed by atoms with E-state index in [1.165, 1.54) is 0 Å². The number of nitrogens with two attached hydrogens (primary N) is 1. The van der Waals surface area contributed by atoms with Gasteiger partial charge in [-0.2, -0.15) is 0 Å². The molecule has 0 bridgehead atoms. The van der Waals surface area contributed by atoms with Crippen LogP contribution in [0.3, 0.4) is 0 Å². The Morgan fingerprint density at radius 1 is 1.24 bits per heavy atom. The molecule has 0 aromatic rings. The van der Waals surface area contributed by atoms with Crippen molar-refractivity contribution in [1.29, 1.82) is 0 Å². The van der Waals surface area contributed by atoms with Crippen molar-refractivity contribution in [3.63, 3.8) is 0 Å². The van der Waals surface area contributed by atoms with Gasteiger partial charge in [-0.05, 0) is 32.2 Å². The van der Waals surface area contributed by atoms with E-state index in [1.807, 2.05) is 0 Å². The molecule has 0 aliphatic heterocycles. The van der Waals surface area contributed by atoms with Crippen molar-refractivity contribution in [2.45, 2.75) is 25.7 Å². The van der Waals surface area contributed by atoms with Crippen LogP contribution < -0.4 is 15.8 Å². The highest BCUT2D eigenvalue weighted by Gasteiger charge is 2.29. The first kappa shape index (κ1) is 14.4. The maximum atomic E-state index is 11.4. The number of hydrogen-bond acceptors (Lipinski definition) is 4. The summed E-state index contributed by atoms with van der Waals surface area (Å²) in [4.78, 5) is 11.2. The molecule has 0 aromatic carbocycles. The minimum absolute atomic E-state index is 0.0346. The minimum atomic E-state index is -3.21. The third-order valence-corrected chi connectivity index (χ3v) is 4.03. The molecule has 17 heavy (non-hydrogen) atoms. The normalized spacial score (nSPS) is 15.8. The summed E-state index contributed by atoms with van der Waals surface area (Å²) in [6.07, 6.45) is 3.19. The van der Waals surface area contributed by atoms with Crippen molar-refractivity contribution < 1.29 is 13.2 Å². The van der Waals surface area contributed by atoms with Crippen LogP contribution in [0.5, 0.6) is 0 Å². The van der Waals surface area contributed by atoms with E-state index in [0.29, 0.717) is 25.9 Å². The quantitative estimate of drug-likeness (QED) is 0.473. The van der Waals surface area contributed by atoms with E-state index in [9.17, 15) is 13.2 Å². The Morgan fingerprint density at radius 3 is 2.53 bits per heavy atom. The van der Waals surface area contributed by atoms with Gasteiger partial charge in [0.2, 0.25) is 15.9 Å². The summed E-state index contributed by atoms with van der Waals surface area (Å²) < 4.78 is 25.3. The Morgan fingerprint density at radius 2 is 1.94 bits per heavy atom. The zero-order chi connectivity index (χ0) is 12.7. The second-order valence-electron chi connectivity index (χ2n) is 4.27. The van der Waals surface area contributed by atoms with E-state index >= 15 is 0 Å². The smallest absolute Gasteiger partial charge is 0.223 e. The van der Waals surface area contributed by atoms with Gasteiger partial charge in [-0.3, -0.25) is 4.79 Å². The Bertz CT molecular complexity index is 339. The van der Waals surface area contributed by atoms with Gasteiger partial charge in [-0.15, -0.1) is 0 Å². The van der Waals surface area contributed by atoms with E-state index in [0.717, 1.165) is 12.8 Å². The molecule has 0 heterocycles. The fourth-order valence-electron chi connectivity index (χ4n) is 1.39. The van der Waals surface area contributed by atoms with Crippen LogP contribution in [0.2, 0.25) is 0 Å². The second kappa shape index (κ2) is 6.93. The predicted octanol–water partition coefficient (Wildman–Crippen LogP) is -0.829. The van der Waals surface area contributed by atoms with Crippen LogP contribution in [0.15, 0.2) is 0 Å². The Hall–Kier alpha value is -0.660. The lowest BCUT2D eigenvalue weighted by molar-refractivity contribution is -0.122. The molecule has 4 N–H and O–H groups in total. The molecule has 0 unspecified atom stereocenters. The molecule has 1 aliphatic rings. The van der Waals surface area contributed by atoms with Crippen LogP contribution in [0.25, 0.3) is 0 Å². The average molecular weight is 263 g/mol. The van der Waals surface area contributed by atoms with Crippen molar-refractivity contribution in [2.75, 3.05) is 25.4 Å². The summed E-state index contributed by atoms with van der Waals surface area (Å²) in [5.74, 6) is 0.296. The van der Waals surface area contributed by atoms with E-state index in [2.05, 4.69) is 10.0 Å². The third-order valence-electron chi connectivity index (χ3n) is 2.56. The monoisotopic (exact) mass is 263 g/mol. The first-order valence-electron chi connectivity index (χ1n) is 6.00. The van der Waals surface area contributed by atoms with Crippen molar-refractivity contribution in [1.82, 2.24) is 10.0 Å². The lowest BCUT2D eigenvalue weighted by Crippen LogP contribution is -2.36. The molecule has 1 fully saturated rings. The molecule has 1 aliphatic carbocycles. The Kier molecular flexibility index (Phi) is 5.87. The summed E-state index contributed by atoms with van der Waals surface area (Å²) >= 11 is 0. The predicted molar refractivity (Wildman–Crippen MR) is 65.8 cm³/mol. The molecular weight excluding hydrogens is 242 g/mol. The summed E-state index contributed by atoms with van der Waals surface area (Å²) in [5.41, 5.74) is 5.28. The zero-order valence-electron chi connectivity index (χ0n) is 9.94. The summed E-state index contributed by atoms with van der Waals surface area (Å²) in [7, 11) is -3.21. The molecular formula is C10H21N3O3S. The van der Waals surface area contributed by atoms with Gasteiger partial charge in [0, 0.05) is 19.0 Å². The SMILES string of the molecule is NCCCCS(=O)(=O)NCCNC(=O)C1CC1. The minimum Gasteiger partial charge on any atom is -0.355 e. The van der Waals surface area contributed by atoms with E-state index in [1.54, 1.807) is 0 Å². The maximum Gasteiger partial charge on any atom is 0.223 e. The highest BCUT2D eigenvalue weighted by molar-refractivity contribution is 7.89. The summed E-state index contributed by atoms with van der Waals surface area (Å²) in [6, 6.07) is 0. The molecule has 0 radical (unpaired) electrons. The lowest BCUT2D eigenvalue weighted by Gasteiger charge is -2.07. The van der Waals surface area contributed by atoms with Crippen molar-refractivity contribution >= 4 is 15.9 Å². The van der Waals surface area contributed by atoms with Gasteiger partial charge in [-0.25, -0.2) is 13.1 Å². The number of unbranched alkanes of at least 4 members (excludes halogenated alkanes) is 1. The molecule has 0 spiro atoms. The highest BCUT2D eigenvalue weighted by Crippen LogP contribution is 2.28. The number of sulfonamides is 1. The van der Waals surface area contributed by atoms with Gasteiger partial charge in [0.25, 0.3) is 0 Å². The van der Waals surface area contributed by atoms with Gasteiger partial charge in [0.05, 0.1) is 5.75 Å². The highest BCUT2D eigenvalue weighted by atomic mass is 32.2. The van der Waals surface area contributed by atoms with Crippen LogP contribution in [-0.4, -0.2) is 39.7 Å².